The van der Waals surface area contributed by atoms with Crippen LogP contribution in [0.4, 0.5) is 0 Å². The molecule has 2 rings (SSSR count). The van der Waals surface area contributed by atoms with Gasteiger partial charge in [0.1, 0.15) is 0 Å². The summed E-state index contributed by atoms with van der Waals surface area (Å²) in [6.45, 7) is 2.39. The highest BCUT2D eigenvalue weighted by Gasteiger charge is 2.32. The molecule has 1 heterocycles. The number of rotatable bonds is 5. The summed E-state index contributed by atoms with van der Waals surface area (Å²) in [6.07, 6.45) is 0.188. The Morgan fingerprint density at radius 1 is 1.21 bits per heavy atom. The molecule has 1 saturated heterocycles. The van der Waals surface area contributed by atoms with Gasteiger partial charge in [-0.3, -0.25) is 4.90 Å². The van der Waals surface area contributed by atoms with E-state index in [9.17, 15) is 10.0 Å². The fourth-order valence-corrected chi connectivity index (χ4v) is 2.51. The maximum absolute atomic E-state index is 9.17. The van der Waals surface area contributed by atoms with Gasteiger partial charge >= 0.3 is 7.12 Å². The highest BCUT2D eigenvalue weighted by atomic mass is 16.5. The number of hydrogen-bond donors (Lipinski definition) is 2. The number of ether oxygens (including phenoxy) is 2. The van der Waals surface area contributed by atoms with Gasteiger partial charge in [-0.15, -0.1) is 0 Å². The van der Waals surface area contributed by atoms with Crippen LogP contribution in [0.15, 0.2) is 24.3 Å². The van der Waals surface area contributed by atoms with Crippen molar-refractivity contribution >= 4 is 12.6 Å². The van der Waals surface area contributed by atoms with E-state index in [2.05, 4.69) is 4.90 Å². The van der Waals surface area contributed by atoms with Crippen LogP contribution in [-0.4, -0.2) is 61.6 Å². The second kappa shape index (κ2) is 6.50. The molecule has 0 radical (unpaired) electrons. The van der Waals surface area contributed by atoms with Gasteiger partial charge in [-0.2, -0.15) is 0 Å². The third kappa shape index (κ3) is 3.55. The van der Waals surface area contributed by atoms with Crippen molar-refractivity contribution in [3.8, 4) is 0 Å². The van der Waals surface area contributed by atoms with Crippen molar-refractivity contribution in [1.82, 2.24) is 4.90 Å². The number of benzene rings is 1. The van der Waals surface area contributed by atoms with Crippen LogP contribution in [0, 0.1) is 0 Å². The van der Waals surface area contributed by atoms with Crippen molar-refractivity contribution in [2.24, 2.45) is 0 Å². The van der Waals surface area contributed by atoms with Crippen LogP contribution < -0.4 is 5.46 Å². The second-order valence-corrected chi connectivity index (χ2v) is 4.86. The molecule has 1 aliphatic heterocycles. The monoisotopic (exact) mass is 265 g/mol. The molecule has 0 bridgehead atoms. The lowest BCUT2D eigenvalue weighted by Crippen LogP contribution is -2.30. The van der Waals surface area contributed by atoms with Crippen molar-refractivity contribution in [3.63, 3.8) is 0 Å². The Morgan fingerprint density at radius 2 is 1.84 bits per heavy atom. The molecule has 104 valence electrons. The molecule has 1 aromatic carbocycles. The molecule has 1 fully saturated rings. The molecule has 6 heteroatoms. The van der Waals surface area contributed by atoms with E-state index in [1.165, 1.54) is 0 Å². The molecule has 0 spiro atoms. The van der Waals surface area contributed by atoms with Gasteiger partial charge in [0.15, 0.2) is 0 Å². The van der Waals surface area contributed by atoms with Gasteiger partial charge < -0.3 is 19.5 Å². The van der Waals surface area contributed by atoms with E-state index in [1.54, 1.807) is 20.3 Å². The first-order valence-corrected chi connectivity index (χ1v) is 6.37. The van der Waals surface area contributed by atoms with Crippen LogP contribution in [0.2, 0.25) is 0 Å². The fraction of sp³-hybridized carbons (Fsp3) is 0.538. The van der Waals surface area contributed by atoms with E-state index in [1.807, 2.05) is 18.2 Å². The molecule has 0 amide bonds. The lowest BCUT2D eigenvalue weighted by molar-refractivity contribution is -0.00461. The quantitative estimate of drug-likeness (QED) is 0.683. The average molecular weight is 265 g/mol. The van der Waals surface area contributed by atoms with E-state index < -0.39 is 7.12 Å². The molecule has 0 aromatic heterocycles. The summed E-state index contributed by atoms with van der Waals surface area (Å²) in [5, 5.41) is 18.3. The fourth-order valence-electron chi connectivity index (χ4n) is 2.51. The predicted molar refractivity (Wildman–Crippen MR) is 73.1 cm³/mol. The maximum Gasteiger partial charge on any atom is 0.488 e. The van der Waals surface area contributed by atoms with Gasteiger partial charge in [0, 0.05) is 33.9 Å². The molecule has 0 saturated carbocycles. The Bertz CT molecular complexity index is 403. The maximum atomic E-state index is 9.17. The Labute approximate surface area is 113 Å². The predicted octanol–water partition coefficient (Wildman–Crippen LogP) is -0.788. The number of likely N-dealkylation sites (tertiary alicyclic amines) is 1. The molecule has 2 N–H and O–H groups in total. The van der Waals surface area contributed by atoms with Crippen LogP contribution in [-0.2, 0) is 16.0 Å². The Morgan fingerprint density at radius 3 is 2.37 bits per heavy atom. The highest BCUT2D eigenvalue weighted by Crippen LogP contribution is 2.17. The minimum Gasteiger partial charge on any atom is -0.423 e. The van der Waals surface area contributed by atoms with Crippen molar-refractivity contribution in [2.45, 2.75) is 18.8 Å². The summed E-state index contributed by atoms with van der Waals surface area (Å²) in [7, 11) is 1.98. The summed E-state index contributed by atoms with van der Waals surface area (Å²) in [5.41, 5.74) is 1.57. The van der Waals surface area contributed by atoms with E-state index in [4.69, 9.17) is 9.47 Å². The van der Waals surface area contributed by atoms with E-state index in [0.29, 0.717) is 5.46 Å². The lowest BCUT2D eigenvalue weighted by atomic mass is 9.79. The summed E-state index contributed by atoms with van der Waals surface area (Å²) in [6, 6.07) is 7.33. The molecule has 2 atom stereocenters. The standard InChI is InChI=1S/C13H20BNO4/c1-18-12-8-15(9-13(12)19-2)7-10-4-3-5-11(6-10)14(16)17/h3-6,12-13,16-17H,7-9H2,1-2H3. The van der Waals surface area contributed by atoms with Crippen LogP contribution in [0.5, 0.6) is 0 Å². The number of methoxy groups -OCH3 is 2. The topological polar surface area (TPSA) is 62.2 Å². The third-order valence-electron chi connectivity index (χ3n) is 3.55. The Hall–Kier alpha value is -0.915. The summed E-state index contributed by atoms with van der Waals surface area (Å²) >= 11 is 0. The first-order valence-electron chi connectivity index (χ1n) is 6.37. The SMILES string of the molecule is COC1CN(Cc2cccc(B(O)O)c2)CC1OC. The van der Waals surface area contributed by atoms with E-state index >= 15 is 0 Å². The first kappa shape index (κ1) is 14.5. The third-order valence-corrected chi connectivity index (χ3v) is 3.55. The van der Waals surface area contributed by atoms with Gasteiger partial charge in [-0.1, -0.05) is 24.3 Å². The minimum atomic E-state index is -1.42. The first-order chi connectivity index (χ1) is 9.13. The van der Waals surface area contributed by atoms with Crippen LogP contribution >= 0.6 is 0 Å². The highest BCUT2D eigenvalue weighted by molar-refractivity contribution is 6.58. The molecule has 19 heavy (non-hydrogen) atoms. The summed E-state index contributed by atoms with van der Waals surface area (Å²) in [5.74, 6) is 0. The van der Waals surface area contributed by atoms with Crippen LogP contribution in [0.25, 0.3) is 0 Å². The Balaban J connectivity index is 2.00. The number of hydrogen-bond acceptors (Lipinski definition) is 5. The Kier molecular flexibility index (Phi) is 4.96. The smallest absolute Gasteiger partial charge is 0.423 e. The van der Waals surface area contributed by atoms with Crippen LogP contribution in [0.3, 0.4) is 0 Å². The summed E-state index contributed by atoms with van der Waals surface area (Å²) in [4.78, 5) is 2.24. The lowest BCUT2D eigenvalue weighted by Gasteiger charge is -2.15. The van der Waals surface area contributed by atoms with Crippen LogP contribution in [0.1, 0.15) is 5.56 Å². The minimum absolute atomic E-state index is 0.0941. The zero-order valence-corrected chi connectivity index (χ0v) is 11.3. The molecule has 5 nitrogen and oxygen atoms in total. The van der Waals surface area contributed by atoms with Gasteiger partial charge in [0.2, 0.25) is 0 Å². The molecular formula is C13H20BNO4. The van der Waals surface area contributed by atoms with E-state index in [-0.39, 0.29) is 12.2 Å². The molecule has 1 aliphatic rings. The van der Waals surface area contributed by atoms with Gasteiger partial charge in [0.05, 0.1) is 12.2 Å². The molecule has 2 unspecified atom stereocenters. The van der Waals surface area contributed by atoms with Crippen molar-refractivity contribution in [3.05, 3.63) is 29.8 Å². The van der Waals surface area contributed by atoms with Gasteiger partial charge in [0.25, 0.3) is 0 Å². The van der Waals surface area contributed by atoms with Gasteiger partial charge in [-0.25, -0.2) is 0 Å². The molecule has 0 aliphatic carbocycles. The van der Waals surface area contributed by atoms with Crippen molar-refractivity contribution in [1.29, 1.82) is 0 Å². The van der Waals surface area contributed by atoms with Crippen molar-refractivity contribution in [2.75, 3.05) is 27.3 Å². The zero-order chi connectivity index (χ0) is 13.8. The van der Waals surface area contributed by atoms with E-state index in [0.717, 1.165) is 25.2 Å². The van der Waals surface area contributed by atoms with Crippen molar-refractivity contribution < 1.29 is 19.5 Å². The largest absolute Gasteiger partial charge is 0.488 e. The summed E-state index contributed by atoms with van der Waals surface area (Å²) < 4.78 is 10.8. The second-order valence-electron chi connectivity index (χ2n) is 4.86. The molecular weight excluding hydrogens is 245 g/mol. The zero-order valence-electron chi connectivity index (χ0n) is 11.3. The number of nitrogens with zero attached hydrogens (tertiary/aromatic N) is 1. The van der Waals surface area contributed by atoms with Gasteiger partial charge in [-0.05, 0) is 11.0 Å². The average Bonchev–Trinajstić information content (AvgIpc) is 2.81. The molecule has 1 aromatic rings. The normalized spacial score (nSPS) is 23.8.